The van der Waals surface area contributed by atoms with E-state index >= 15 is 0 Å². The molecule has 0 aliphatic heterocycles. The molecule has 0 aliphatic rings. The quantitative estimate of drug-likeness (QED) is 0.296. The van der Waals surface area contributed by atoms with Gasteiger partial charge in [-0.15, -0.1) is 0 Å². The molecule has 0 saturated carbocycles. The number of ether oxygens (including phenoxy) is 1. The molecular formula is C16H22O6. The van der Waals surface area contributed by atoms with Crippen LogP contribution in [0.5, 0.6) is 0 Å². The molecule has 0 aromatic heterocycles. The molecule has 0 fully saturated rings. The molecule has 2 rings (SSSR count). The fourth-order valence-electron chi connectivity index (χ4n) is 1.34. The van der Waals surface area contributed by atoms with Crippen molar-refractivity contribution in [1.29, 1.82) is 0 Å². The lowest BCUT2D eigenvalue weighted by atomic mass is 10.1. The first-order chi connectivity index (χ1) is 10.7. The Labute approximate surface area is 129 Å². The zero-order chi connectivity index (χ0) is 16.6. The van der Waals surface area contributed by atoms with Crippen molar-refractivity contribution in [2.75, 3.05) is 20.2 Å². The predicted octanol–water partition coefficient (Wildman–Crippen LogP) is 2.24. The van der Waals surface area contributed by atoms with Crippen LogP contribution >= 0.6 is 0 Å². The molecule has 0 amide bonds. The Morgan fingerprint density at radius 1 is 0.909 bits per heavy atom. The average Bonchev–Trinajstić information content (AvgIpc) is 2.54. The summed E-state index contributed by atoms with van der Waals surface area (Å²) in [6.45, 7) is 2.59. The molecule has 0 spiro atoms. The molecule has 0 heterocycles. The summed E-state index contributed by atoms with van der Waals surface area (Å²) in [5, 5.41) is 18.3. The van der Waals surface area contributed by atoms with Crippen LogP contribution < -0.4 is 0 Å². The van der Waals surface area contributed by atoms with E-state index in [-0.39, 0.29) is 6.79 Å². The van der Waals surface area contributed by atoms with Gasteiger partial charge in [-0.25, -0.2) is 9.78 Å². The van der Waals surface area contributed by atoms with Crippen molar-refractivity contribution in [1.82, 2.24) is 0 Å². The largest absolute Gasteiger partial charge is 0.439 e. The van der Waals surface area contributed by atoms with Gasteiger partial charge in [0.05, 0.1) is 6.61 Å². The molecule has 0 bridgehead atoms. The molecule has 122 valence electrons. The van der Waals surface area contributed by atoms with Crippen molar-refractivity contribution in [2.45, 2.75) is 13.8 Å². The lowest BCUT2D eigenvalue weighted by Crippen LogP contribution is -1.97. The Kier molecular flexibility index (Phi) is 12.7. The van der Waals surface area contributed by atoms with Crippen LogP contribution in [0.4, 0.5) is 0 Å². The summed E-state index contributed by atoms with van der Waals surface area (Å²) < 4.78 is 3.96. The minimum absolute atomic E-state index is 0.367. The van der Waals surface area contributed by atoms with Crippen LogP contribution in [0.15, 0.2) is 48.5 Å². The lowest BCUT2D eigenvalue weighted by molar-refractivity contribution is -0.325. The van der Waals surface area contributed by atoms with Gasteiger partial charge >= 0.3 is 5.97 Å². The van der Waals surface area contributed by atoms with Gasteiger partial charge in [0.15, 0.2) is 13.6 Å². The third kappa shape index (κ3) is 10.8. The third-order valence-electron chi connectivity index (χ3n) is 2.18. The zero-order valence-electron chi connectivity index (χ0n) is 12.8. The number of carbonyl (C=O) groups is 1. The lowest BCUT2D eigenvalue weighted by Gasteiger charge is -1.92. The molecule has 0 radical (unpaired) electrons. The third-order valence-corrected chi connectivity index (χ3v) is 2.18. The van der Waals surface area contributed by atoms with Gasteiger partial charge in [0.25, 0.3) is 0 Å². The van der Waals surface area contributed by atoms with E-state index in [0.29, 0.717) is 6.61 Å². The predicted molar refractivity (Wildman–Crippen MR) is 82.6 cm³/mol. The number of hydrogen-bond acceptors (Lipinski definition) is 6. The molecule has 0 aliphatic carbocycles. The van der Waals surface area contributed by atoms with E-state index in [0.717, 1.165) is 0 Å². The van der Waals surface area contributed by atoms with Crippen molar-refractivity contribution < 1.29 is 29.5 Å². The number of rotatable bonds is 4. The number of aliphatic hydroxyl groups excluding tert-OH is 2. The maximum absolute atomic E-state index is 9.66. The molecular weight excluding hydrogens is 288 g/mol. The van der Waals surface area contributed by atoms with Crippen LogP contribution in [-0.2, 0) is 19.3 Å². The van der Waals surface area contributed by atoms with Gasteiger partial charge in [0.2, 0.25) is 0 Å². The van der Waals surface area contributed by atoms with Gasteiger partial charge in [-0.2, -0.15) is 0 Å². The monoisotopic (exact) mass is 310 g/mol. The second-order valence-corrected chi connectivity index (χ2v) is 3.77. The van der Waals surface area contributed by atoms with Crippen molar-refractivity contribution in [3.05, 3.63) is 48.5 Å². The van der Waals surface area contributed by atoms with E-state index < -0.39 is 12.8 Å². The topological polar surface area (TPSA) is 85.2 Å². The van der Waals surface area contributed by atoms with E-state index in [2.05, 4.69) is 63.0 Å². The fourth-order valence-corrected chi connectivity index (χ4v) is 1.34. The second kappa shape index (κ2) is 14.0. The van der Waals surface area contributed by atoms with Crippen LogP contribution in [0.2, 0.25) is 0 Å². The van der Waals surface area contributed by atoms with Crippen LogP contribution in [0.25, 0.3) is 10.8 Å². The van der Waals surface area contributed by atoms with Crippen molar-refractivity contribution in [3.63, 3.8) is 0 Å². The van der Waals surface area contributed by atoms with Crippen molar-refractivity contribution in [3.8, 4) is 0 Å². The Balaban J connectivity index is 0.000000324. The fraction of sp³-hybridized carbons (Fsp3) is 0.312. The van der Waals surface area contributed by atoms with Gasteiger partial charge in [-0.1, -0.05) is 48.5 Å². The summed E-state index contributed by atoms with van der Waals surface area (Å²) in [6.07, 6.45) is 0. The first-order valence-corrected chi connectivity index (χ1v) is 6.69. The first kappa shape index (κ1) is 20.0. The van der Waals surface area contributed by atoms with Crippen LogP contribution in [-0.4, -0.2) is 36.4 Å². The minimum atomic E-state index is -0.519. The highest BCUT2D eigenvalue weighted by Gasteiger charge is 1.85. The smallest absolute Gasteiger partial charge is 0.304 e. The molecule has 0 unspecified atom stereocenters. The average molecular weight is 310 g/mol. The zero-order valence-corrected chi connectivity index (χ0v) is 12.8. The van der Waals surface area contributed by atoms with E-state index in [9.17, 15) is 4.79 Å². The highest BCUT2D eigenvalue weighted by atomic mass is 17.2. The first-order valence-electron chi connectivity index (χ1n) is 6.69. The van der Waals surface area contributed by atoms with Gasteiger partial charge in [0.1, 0.15) is 0 Å². The molecule has 2 N–H and O–H groups in total. The summed E-state index contributed by atoms with van der Waals surface area (Å²) in [7, 11) is 0. The summed E-state index contributed by atoms with van der Waals surface area (Å²) in [5.74, 6) is -0.461. The second-order valence-electron chi connectivity index (χ2n) is 3.77. The Hall–Kier alpha value is -1.99. The molecule has 6 nitrogen and oxygen atoms in total. The molecule has 0 saturated heterocycles. The number of hydrogen-bond donors (Lipinski definition) is 2. The van der Waals surface area contributed by atoms with E-state index in [1.54, 1.807) is 6.92 Å². The Morgan fingerprint density at radius 2 is 1.36 bits per heavy atom. The van der Waals surface area contributed by atoms with E-state index in [1.165, 1.54) is 17.7 Å². The highest BCUT2D eigenvalue weighted by Crippen LogP contribution is 2.11. The molecule has 0 atom stereocenters. The number of aliphatic hydroxyl groups is 2. The Morgan fingerprint density at radius 3 is 1.55 bits per heavy atom. The molecule has 6 heteroatoms. The van der Waals surface area contributed by atoms with Crippen molar-refractivity contribution in [2.24, 2.45) is 0 Å². The minimum Gasteiger partial charge on any atom is -0.439 e. The Bertz CT molecular complexity index is 445. The van der Waals surface area contributed by atoms with Crippen molar-refractivity contribution >= 4 is 16.7 Å². The van der Waals surface area contributed by atoms with E-state index in [1.807, 2.05) is 0 Å². The SMILES string of the molecule is CC(=O)OCO.CCOOCO.c1ccc2ccccc2c1. The summed E-state index contributed by atoms with van der Waals surface area (Å²) in [6, 6.07) is 16.7. The normalized spacial score (nSPS) is 9.09. The maximum Gasteiger partial charge on any atom is 0.304 e. The summed E-state index contributed by atoms with van der Waals surface area (Å²) >= 11 is 0. The van der Waals surface area contributed by atoms with Crippen LogP contribution in [0.1, 0.15) is 13.8 Å². The van der Waals surface area contributed by atoms with Crippen LogP contribution in [0, 0.1) is 0 Å². The molecule has 22 heavy (non-hydrogen) atoms. The molecule has 2 aromatic rings. The number of carbonyl (C=O) groups excluding carboxylic acids is 1. The summed E-state index contributed by atoms with van der Waals surface area (Å²) in [4.78, 5) is 17.9. The highest BCUT2D eigenvalue weighted by molar-refractivity contribution is 5.81. The number of benzene rings is 2. The van der Waals surface area contributed by atoms with E-state index in [4.69, 9.17) is 10.2 Å². The number of esters is 1. The van der Waals surface area contributed by atoms with Gasteiger partial charge in [-0.05, 0) is 17.7 Å². The van der Waals surface area contributed by atoms with Crippen LogP contribution in [0.3, 0.4) is 0 Å². The number of fused-ring (bicyclic) bond motifs is 1. The standard InChI is InChI=1S/C10H8.C3H6O3.C3H8O3/c1-2-6-10-8-4-3-7-9(10)5-1;1-3(5)6-2-4;1-2-5-6-3-4/h1-8H;4H,2H2,1H3;4H,2-3H2,1H3. The summed E-state index contributed by atoms with van der Waals surface area (Å²) in [5.41, 5.74) is 0. The van der Waals surface area contributed by atoms with Gasteiger partial charge in [0, 0.05) is 6.92 Å². The maximum atomic E-state index is 9.66. The van der Waals surface area contributed by atoms with Gasteiger partial charge in [-0.3, -0.25) is 4.79 Å². The van der Waals surface area contributed by atoms with Gasteiger partial charge < -0.3 is 14.9 Å². The molecule has 2 aromatic carbocycles.